The molecule has 3 aromatic rings. The molecule has 1 atom stereocenters. The molecule has 0 radical (unpaired) electrons. The van der Waals surface area contributed by atoms with Crippen molar-refractivity contribution in [3.05, 3.63) is 70.9 Å². The summed E-state index contributed by atoms with van der Waals surface area (Å²) in [7, 11) is 0. The Morgan fingerprint density at radius 2 is 1.80 bits per heavy atom. The van der Waals surface area contributed by atoms with E-state index in [1.54, 1.807) is 6.07 Å². The number of hydrogen-bond donors (Lipinski definition) is 0. The Bertz CT molecular complexity index is 928. The van der Waals surface area contributed by atoms with Gasteiger partial charge in [-0.1, -0.05) is 54.1 Å². The van der Waals surface area contributed by atoms with Gasteiger partial charge in [-0.05, 0) is 24.1 Å². The van der Waals surface area contributed by atoms with Gasteiger partial charge in [0.05, 0.1) is 5.02 Å². The average Bonchev–Trinajstić information content (AvgIpc) is 3.29. The molecule has 6 heteroatoms. The predicted octanol–water partition coefficient (Wildman–Crippen LogP) is 3.79. The van der Waals surface area contributed by atoms with Crippen molar-refractivity contribution in [3.8, 4) is 11.8 Å². The standard InChI is InChI=1S/C19H16ClN5/c20-16-8-4-5-9-18(16)25-22-17(12-21)19(23-25)24-11-10-15(13-24)14-6-2-1-3-7-14/h1-9,15H,10-11,13H2/t15-/m1/s1. The normalized spacial score (nSPS) is 16.8. The van der Waals surface area contributed by atoms with Crippen LogP contribution in [0.1, 0.15) is 23.6 Å². The van der Waals surface area contributed by atoms with Crippen molar-refractivity contribution in [1.82, 2.24) is 15.0 Å². The van der Waals surface area contributed by atoms with Crippen LogP contribution in [0.15, 0.2) is 54.6 Å². The molecule has 1 aliphatic rings. The quantitative estimate of drug-likeness (QED) is 0.722. The molecule has 0 bridgehead atoms. The van der Waals surface area contributed by atoms with Crippen molar-refractivity contribution < 1.29 is 0 Å². The van der Waals surface area contributed by atoms with Crippen LogP contribution in [0.5, 0.6) is 0 Å². The number of halogens is 1. The molecule has 4 rings (SSSR count). The molecule has 2 heterocycles. The Labute approximate surface area is 151 Å². The van der Waals surface area contributed by atoms with E-state index in [-0.39, 0.29) is 0 Å². The van der Waals surface area contributed by atoms with Crippen molar-refractivity contribution >= 4 is 17.4 Å². The fourth-order valence-corrected chi connectivity index (χ4v) is 3.47. The summed E-state index contributed by atoms with van der Waals surface area (Å²) in [4.78, 5) is 3.59. The van der Waals surface area contributed by atoms with Gasteiger partial charge in [-0.2, -0.15) is 5.26 Å². The van der Waals surface area contributed by atoms with Crippen molar-refractivity contribution in [1.29, 1.82) is 5.26 Å². The fourth-order valence-electron chi connectivity index (χ4n) is 3.26. The molecule has 1 aromatic heterocycles. The van der Waals surface area contributed by atoms with E-state index in [1.807, 2.05) is 24.3 Å². The van der Waals surface area contributed by atoms with Crippen LogP contribution < -0.4 is 4.90 Å². The zero-order valence-corrected chi connectivity index (χ0v) is 14.3. The summed E-state index contributed by atoms with van der Waals surface area (Å²) in [6, 6.07) is 20.0. The maximum Gasteiger partial charge on any atom is 0.207 e. The van der Waals surface area contributed by atoms with Crippen LogP contribution in [0.2, 0.25) is 5.02 Å². The third-order valence-electron chi connectivity index (χ3n) is 4.53. The first-order chi connectivity index (χ1) is 12.3. The second-order valence-corrected chi connectivity index (χ2v) is 6.47. The molecule has 0 aliphatic carbocycles. The summed E-state index contributed by atoms with van der Waals surface area (Å²) < 4.78 is 0. The molecule has 2 aromatic carbocycles. The van der Waals surface area contributed by atoms with Gasteiger partial charge in [-0.25, -0.2) is 0 Å². The van der Waals surface area contributed by atoms with E-state index in [1.165, 1.54) is 10.4 Å². The summed E-state index contributed by atoms with van der Waals surface area (Å²) in [5.74, 6) is 1.07. The van der Waals surface area contributed by atoms with Gasteiger partial charge in [-0.3, -0.25) is 0 Å². The third-order valence-corrected chi connectivity index (χ3v) is 4.85. The molecule has 25 heavy (non-hydrogen) atoms. The van der Waals surface area contributed by atoms with E-state index >= 15 is 0 Å². The van der Waals surface area contributed by atoms with Crippen molar-refractivity contribution in [2.75, 3.05) is 18.0 Å². The van der Waals surface area contributed by atoms with E-state index in [4.69, 9.17) is 11.6 Å². The highest BCUT2D eigenvalue weighted by atomic mass is 35.5. The predicted molar refractivity (Wildman–Crippen MR) is 97.1 cm³/mol. The van der Waals surface area contributed by atoms with Gasteiger partial charge < -0.3 is 4.90 Å². The van der Waals surface area contributed by atoms with E-state index in [9.17, 15) is 5.26 Å². The summed E-state index contributed by atoms with van der Waals surface area (Å²) in [5.41, 5.74) is 2.32. The Kier molecular flexibility index (Phi) is 4.12. The van der Waals surface area contributed by atoms with Crippen LogP contribution in [0, 0.1) is 11.3 Å². The number of benzene rings is 2. The highest BCUT2D eigenvalue weighted by molar-refractivity contribution is 6.32. The SMILES string of the molecule is N#Cc1nn(-c2ccccc2Cl)nc1N1CC[C@@H](c2ccccc2)C1. The maximum absolute atomic E-state index is 9.47. The number of para-hydroxylation sites is 1. The highest BCUT2D eigenvalue weighted by Crippen LogP contribution is 2.31. The van der Waals surface area contributed by atoms with Crippen molar-refractivity contribution in [2.45, 2.75) is 12.3 Å². The van der Waals surface area contributed by atoms with Crippen molar-refractivity contribution in [2.24, 2.45) is 0 Å². The molecule has 124 valence electrons. The lowest BCUT2D eigenvalue weighted by atomic mass is 9.99. The Balaban J connectivity index is 1.63. The smallest absolute Gasteiger partial charge is 0.207 e. The first-order valence-corrected chi connectivity index (χ1v) is 8.56. The third kappa shape index (κ3) is 2.97. The minimum absolute atomic E-state index is 0.327. The zero-order valence-electron chi connectivity index (χ0n) is 13.5. The lowest BCUT2D eigenvalue weighted by Gasteiger charge is -2.15. The highest BCUT2D eigenvalue weighted by Gasteiger charge is 2.28. The Morgan fingerprint density at radius 3 is 2.56 bits per heavy atom. The number of aromatic nitrogens is 3. The first-order valence-electron chi connectivity index (χ1n) is 8.18. The largest absolute Gasteiger partial charge is 0.352 e. The van der Waals surface area contributed by atoms with Crippen LogP contribution in [0.3, 0.4) is 0 Å². The molecule has 5 nitrogen and oxygen atoms in total. The van der Waals surface area contributed by atoms with Crippen LogP contribution in [-0.2, 0) is 0 Å². The van der Waals surface area contributed by atoms with Crippen LogP contribution in [0.4, 0.5) is 5.82 Å². The first kappa shape index (κ1) is 15.7. The molecule has 0 N–H and O–H groups in total. The van der Waals surface area contributed by atoms with Gasteiger partial charge in [-0.15, -0.1) is 15.0 Å². The summed E-state index contributed by atoms with van der Waals surface area (Å²) >= 11 is 6.23. The lowest BCUT2D eigenvalue weighted by Crippen LogP contribution is -2.20. The van der Waals surface area contributed by atoms with Gasteiger partial charge >= 0.3 is 0 Å². The number of nitriles is 1. The van der Waals surface area contributed by atoms with Crippen LogP contribution >= 0.6 is 11.6 Å². The number of hydrogen-bond acceptors (Lipinski definition) is 4. The van der Waals surface area contributed by atoms with E-state index in [0.29, 0.717) is 28.1 Å². The summed E-state index contributed by atoms with van der Waals surface area (Å²) in [6.45, 7) is 1.69. The topological polar surface area (TPSA) is 57.7 Å². The minimum Gasteiger partial charge on any atom is -0.352 e. The molecule has 0 unspecified atom stereocenters. The van der Waals surface area contributed by atoms with E-state index < -0.39 is 0 Å². The van der Waals surface area contributed by atoms with Crippen molar-refractivity contribution in [3.63, 3.8) is 0 Å². The number of nitrogens with zero attached hydrogens (tertiary/aromatic N) is 5. The zero-order chi connectivity index (χ0) is 17.2. The van der Waals surface area contributed by atoms with Crippen LogP contribution in [0.25, 0.3) is 5.69 Å². The monoisotopic (exact) mass is 349 g/mol. The summed E-state index contributed by atoms with van der Waals surface area (Å²) in [5, 5.41) is 18.9. The summed E-state index contributed by atoms with van der Waals surface area (Å²) in [6.07, 6.45) is 1.04. The molecular formula is C19H16ClN5. The second-order valence-electron chi connectivity index (χ2n) is 6.07. The number of anilines is 1. The average molecular weight is 350 g/mol. The van der Waals surface area contributed by atoms with Gasteiger partial charge in [0.25, 0.3) is 0 Å². The second kappa shape index (κ2) is 6.58. The Morgan fingerprint density at radius 1 is 1.04 bits per heavy atom. The maximum atomic E-state index is 9.47. The molecule has 1 saturated heterocycles. The molecular weight excluding hydrogens is 334 g/mol. The van der Waals surface area contributed by atoms with Gasteiger partial charge in [0, 0.05) is 19.0 Å². The molecule has 0 amide bonds. The molecule has 0 spiro atoms. The Hall–Kier alpha value is -2.84. The van der Waals surface area contributed by atoms with E-state index in [2.05, 4.69) is 45.4 Å². The minimum atomic E-state index is 0.327. The molecule has 1 fully saturated rings. The number of rotatable bonds is 3. The van der Waals surface area contributed by atoms with Gasteiger partial charge in [0.2, 0.25) is 5.69 Å². The van der Waals surface area contributed by atoms with E-state index in [0.717, 1.165) is 19.5 Å². The molecule has 1 aliphatic heterocycles. The van der Waals surface area contributed by atoms with Gasteiger partial charge in [0.15, 0.2) is 5.82 Å². The van der Waals surface area contributed by atoms with Gasteiger partial charge in [0.1, 0.15) is 11.8 Å². The fraction of sp³-hybridized carbons (Fsp3) is 0.211. The van der Waals surface area contributed by atoms with Crippen LogP contribution in [-0.4, -0.2) is 28.1 Å². The lowest BCUT2D eigenvalue weighted by molar-refractivity contribution is 0.741. The molecule has 0 saturated carbocycles.